The molecule has 0 atom stereocenters. The van der Waals surface area contributed by atoms with Crippen molar-refractivity contribution in [3.63, 3.8) is 0 Å². The summed E-state index contributed by atoms with van der Waals surface area (Å²) < 4.78 is 31.7. The molecule has 0 fully saturated rings. The van der Waals surface area contributed by atoms with Gasteiger partial charge in [-0.15, -0.1) is 0 Å². The number of hydrogen-bond acceptors (Lipinski definition) is 9. The highest BCUT2D eigenvalue weighted by Gasteiger charge is 2.18. The Hall–Kier alpha value is -4.49. The summed E-state index contributed by atoms with van der Waals surface area (Å²) >= 11 is 0. The highest BCUT2D eigenvalue weighted by Crippen LogP contribution is 2.30. The fourth-order valence-electron chi connectivity index (χ4n) is 4.89. The molecule has 0 saturated heterocycles. The van der Waals surface area contributed by atoms with Crippen LogP contribution in [0.2, 0.25) is 0 Å². The SMILES string of the molecule is CCc1c(NC(=O)OCCCN(C)CCS(C)(=O)=O)cn2ncnc(Nc3ccc4c(cnn4Cc4ccccc4)c3)c12. The molecule has 0 aliphatic heterocycles. The first kappa shape index (κ1) is 30.0. The molecule has 226 valence electrons. The predicted octanol–water partition coefficient (Wildman–Crippen LogP) is 4.35. The number of nitrogens with zero attached hydrogens (tertiary/aromatic N) is 6. The maximum absolute atomic E-state index is 12.6. The van der Waals surface area contributed by atoms with Crippen LogP contribution in [-0.2, 0) is 27.5 Å². The lowest BCUT2D eigenvalue weighted by atomic mass is 10.2. The standard InChI is InChI=1S/C30H36N8O4S/c1-4-25-26(35-30(39)42-15-8-13-36(2)14-16-43(3,40)41)20-38-28(25)29(31-21-33-38)34-24-11-12-27-23(17-24)18-32-37(27)19-22-9-6-5-7-10-22/h5-7,9-12,17-18,20-21H,4,8,13-16,19H2,1-3H3,(H,35,39)(H,31,33,34). The second-order valence-corrected chi connectivity index (χ2v) is 12.8. The molecule has 0 spiro atoms. The predicted molar refractivity (Wildman–Crippen MR) is 168 cm³/mol. The number of rotatable bonds is 13. The fraction of sp³-hybridized carbons (Fsp3) is 0.333. The van der Waals surface area contributed by atoms with Gasteiger partial charge in [0.25, 0.3) is 0 Å². The van der Waals surface area contributed by atoms with E-state index in [-0.39, 0.29) is 12.4 Å². The van der Waals surface area contributed by atoms with Crippen LogP contribution in [0.4, 0.5) is 22.0 Å². The number of fused-ring (bicyclic) bond motifs is 2. The van der Waals surface area contributed by atoms with Crippen LogP contribution in [0.15, 0.2) is 67.3 Å². The summed E-state index contributed by atoms with van der Waals surface area (Å²) in [4.78, 5) is 19.0. The summed E-state index contributed by atoms with van der Waals surface area (Å²) in [6.45, 7) is 3.95. The Labute approximate surface area is 250 Å². The minimum absolute atomic E-state index is 0.0979. The molecule has 0 bridgehead atoms. The van der Waals surface area contributed by atoms with Crippen molar-refractivity contribution >= 4 is 49.5 Å². The van der Waals surface area contributed by atoms with E-state index in [9.17, 15) is 13.2 Å². The Morgan fingerprint density at radius 2 is 1.91 bits per heavy atom. The number of aromatic nitrogens is 5. The van der Waals surface area contributed by atoms with Crippen molar-refractivity contribution in [3.8, 4) is 0 Å². The molecule has 2 aromatic carbocycles. The zero-order chi connectivity index (χ0) is 30.4. The van der Waals surface area contributed by atoms with Gasteiger partial charge < -0.3 is 15.0 Å². The first-order valence-electron chi connectivity index (χ1n) is 14.1. The van der Waals surface area contributed by atoms with Crippen LogP contribution in [0.25, 0.3) is 16.4 Å². The molecule has 12 nitrogen and oxygen atoms in total. The van der Waals surface area contributed by atoms with Gasteiger partial charge in [0.2, 0.25) is 0 Å². The molecule has 0 aliphatic rings. The molecule has 0 aliphatic carbocycles. The zero-order valence-electron chi connectivity index (χ0n) is 24.5. The zero-order valence-corrected chi connectivity index (χ0v) is 25.3. The molecule has 0 unspecified atom stereocenters. The maximum Gasteiger partial charge on any atom is 0.411 e. The number of aryl methyl sites for hydroxylation is 1. The quantitative estimate of drug-likeness (QED) is 0.188. The minimum atomic E-state index is -3.01. The molecule has 0 saturated carbocycles. The molecular formula is C30H36N8O4S. The number of benzene rings is 2. The van der Waals surface area contributed by atoms with Gasteiger partial charge >= 0.3 is 6.09 Å². The van der Waals surface area contributed by atoms with E-state index in [0.717, 1.165) is 27.7 Å². The molecule has 5 rings (SSSR count). The van der Waals surface area contributed by atoms with E-state index in [1.807, 2.05) is 66.1 Å². The summed E-state index contributed by atoms with van der Waals surface area (Å²) in [6.07, 6.45) is 6.94. The summed E-state index contributed by atoms with van der Waals surface area (Å²) in [7, 11) is -1.17. The number of sulfone groups is 1. The van der Waals surface area contributed by atoms with Crippen LogP contribution < -0.4 is 10.6 Å². The lowest BCUT2D eigenvalue weighted by Crippen LogP contribution is -2.27. The summed E-state index contributed by atoms with van der Waals surface area (Å²) in [6, 6.07) is 16.3. The lowest BCUT2D eigenvalue weighted by molar-refractivity contribution is 0.155. The minimum Gasteiger partial charge on any atom is -0.449 e. The van der Waals surface area contributed by atoms with E-state index >= 15 is 0 Å². The van der Waals surface area contributed by atoms with Gasteiger partial charge in [0.05, 0.1) is 42.5 Å². The van der Waals surface area contributed by atoms with Crippen molar-refractivity contribution in [2.24, 2.45) is 0 Å². The molecule has 3 aromatic heterocycles. The first-order valence-corrected chi connectivity index (χ1v) is 16.2. The van der Waals surface area contributed by atoms with Crippen molar-refractivity contribution in [2.45, 2.75) is 26.3 Å². The van der Waals surface area contributed by atoms with Crippen LogP contribution >= 0.6 is 0 Å². The van der Waals surface area contributed by atoms with Crippen molar-refractivity contribution in [1.82, 2.24) is 29.3 Å². The third-order valence-electron chi connectivity index (χ3n) is 7.11. The van der Waals surface area contributed by atoms with Crippen LogP contribution in [0.5, 0.6) is 0 Å². The Bertz CT molecular complexity index is 1820. The number of amides is 1. The van der Waals surface area contributed by atoms with Gasteiger partial charge in [0.15, 0.2) is 5.82 Å². The molecule has 13 heteroatoms. The van der Waals surface area contributed by atoms with Gasteiger partial charge in [0.1, 0.15) is 21.7 Å². The number of ether oxygens (including phenoxy) is 1. The number of hydrogen-bond donors (Lipinski definition) is 2. The van der Waals surface area contributed by atoms with Crippen LogP contribution in [-0.4, -0.2) is 82.5 Å². The van der Waals surface area contributed by atoms with E-state index in [1.54, 1.807) is 10.7 Å². The van der Waals surface area contributed by atoms with Gasteiger partial charge in [0, 0.05) is 36.0 Å². The third-order valence-corrected chi connectivity index (χ3v) is 8.03. The van der Waals surface area contributed by atoms with Crippen LogP contribution in [0.3, 0.4) is 0 Å². The van der Waals surface area contributed by atoms with E-state index in [0.29, 0.717) is 44.0 Å². The largest absolute Gasteiger partial charge is 0.449 e. The highest BCUT2D eigenvalue weighted by molar-refractivity contribution is 7.90. The topological polar surface area (TPSA) is 136 Å². The monoisotopic (exact) mass is 604 g/mol. The van der Waals surface area contributed by atoms with Crippen molar-refractivity contribution < 1.29 is 17.9 Å². The molecule has 1 amide bonds. The summed E-state index contributed by atoms with van der Waals surface area (Å²) in [5.41, 5.74) is 5.29. The van der Waals surface area contributed by atoms with Gasteiger partial charge in [-0.2, -0.15) is 10.2 Å². The summed E-state index contributed by atoms with van der Waals surface area (Å²) in [5, 5.41) is 16.2. The molecule has 43 heavy (non-hydrogen) atoms. The first-order chi connectivity index (χ1) is 20.7. The molecule has 5 aromatic rings. The Morgan fingerprint density at radius 3 is 2.67 bits per heavy atom. The van der Waals surface area contributed by atoms with E-state index in [1.165, 1.54) is 18.1 Å². The number of anilines is 3. The van der Waals surface area contributed by atoms with Gasteiger partial charge in [-0.3, -0.25) is 10.00 Å². The average Bonchev–Trinajstić information content (AvgIpc) is 3.55. The van der Waals surface area contributed by atoms with Crippen molar-refractivity contribution in [2.75, 3.05) is 49.4 Å². The van der Waals surface area contributed by atoms with Gasteiger partial charge in [-0.05, 0) is 43.7 Å². The Balaban J connectivity index is 1.24. The summed E-state index contributed by atoms with van der Waals surface area (Å²) in [5.74, 6) is 0.710. The normalized spacial score (nSPS) is 11.8. The molecule has 3 heterocycles. The van der Waals surface area contributed by atoms with Gasteiger partial charge in [-0.1, -0.05) is 37.3 Å². The number of nitrogens with one attached hydrogen (secondary N) is 2. The second-order valence-electron chi connectivity index (χ2n) is 10.5. The Morgan fingerprint density at radius 1 is 1.09 bits per heavy atom. The van der Waals surface area contributed by atoms with Crippen molar-refractivity contribution in [3.05, 3.63) is 78.4 Å². The molecular weight excluding hydrogens is 568 g/mol. The maximum atomic E-state index is 12.6. The lowest BCUT2D eigenvalue weighted by Gasteiger charge is -2.15. The fourth-order valence-corrected chi connectivity index (χ4v) is 5.54. The Kier molecular flexibility index (Phi) is 9.22. The molecule has 0 radical (unpaired) electrons. The van der Waals surface area contributed by atoms with Crippen LogP contribution in [0.1, 0.15) is 24.5 Å². The van der Waals surface area contributed by atoms with E-state index in [4.69, 9.17) is 4.74 Å². The van der Waals surface area contributed by atoms with Crippen molar-refractivity contribution in [1.29, 1.82) is 0 Å². The smallest absolute Gasteiger partial charge is 0.411 e. The highest BCUT2D eigenvalue weighted by atomic mass is 32.2. The van der Waals surface area contributed by atoms with E-state index in [2.05, 4.69) is 37.9 Å². The number of carbonyl (C=O) groups excluding carboxylic acids is 1. The average molecular weight is 605 g/mol. The van der Waals surface area contributed by atoms with Gasteiger partial charge in [-0.25, -0.2) is 22.7 Å². The second kappa shape index (κ2) is 13.2. The van der Waals surface area contributed by atoms with Crippen LogP contribution in [0, 0.1) is 0 Å². The van der Waals surface area contributed by atoms with E-state index < -0.39 is 15.9 Å². The molecule has 2 N–H and O–H groups in total. The third kappa shape index (κ3) is 7.67. The number of carbonyl (C=O) groups is 1.